The highest BCUT2D eigenvalue weighted by Gasteiger charge is 2.61. The maximum absolute atomic E-state index is 13.2. The molecule has 0 fully saturated rings. The number of sulfone groups is 1. The van der Waals surface area contributed by atoms with Crippen LogP contribution in [0.25, 0.3) is 11.1 Å². The van der Waals surface area contributed by atoms with E-state index in [1.165, 1.54) is 30.9 Å². The van der Waals surface area contributed by atoms with Crippen molar-refractivity contribution >= 4 is 15.8 Å². The summed E-state index contributed by atoms with van der Waals surface area (Å²) in [6.45, 7) is 1.27. The lowest BCUT2D eigenvalue weighted by atomic mass is 10.0. The molecule has 1 aromatic heterocycles. The van der Waals surface area contributed by atoms with Crippen LogP contribution in [0.15, 0.2) is 66.1 Å². The lowest BCUT2D eigenvalue weighted by molar-refractivity contribution is -0.139. The fourth-order valence-electron chi connectivity index (χ4n) is 3.61. The van der Waals surface area contributed by atoms with E-state index in [1.54, 1.807) is 0 Å². The number of aromatic nitrogens is 2. The fourth-order valence-corrected chi connectivity index (χ4v) is 5.42. The molecule has 1 aliphatic carbocycles. The van der Waals surface area contributed by atoms with Crippen molar-refractivity contribution in [3.63, 3.8) is 0 Å². The molecule has 0 bridgehead atoms. The summed E-state index contributed by atoms with van der Waals surface area (Å²) >= 11 is 0. The Hall–Kier alpha value is -2.93. The monoisotopic (exact) mass is 382 g/mol. The summed E-state index contributed by atoms with van der Waals surface area (Å²) < 4.78 is 25.7. The van der Waals surface area contributed by atoms with Crippen molar-refractivity contribution in [1.82, 2.24) is 9.55 Å². The van der Waals surface area contributed by atoms with Crippen LogP contribution in [-0.4, -0.2) is 33.8 Å². The summed E-state index contributed by atoms with van der Waals surface area (Å²) in [5.41, 5.74) is 3.42. The molecule has 0 spiro atoms. The van der Waals surface area contributed by atoms with Crippen LogP contribution < -0.4 is 0 Å². The normalized spacial score (nSPS) is 17.8. The number of fused-ring (bicyclic) bond motifs is 1. The van der Waals surface area contributed by atoms with Gasteiger partial charge in [0.25, 0.3) is 0 Å². The molecule has 6 nitrogen and oxygen atoms in total. The number of hydrogen-bond acceptors (Lipinski definition) is 4. The number of carbonyl (C=O) groups is 1. The van der Waals surface area contributed by atoms with Crippen LogP contribution >= 0.6 is 0 Å². The molecule has 0 aliphatic heterocycles. The summed E-state index contributed by atoms with van der Waals surface area (Å²) in [6.07, 6.45) is 2.84. The zero-order valence-corrected chi connectivity index (χ0v) is 15.6. The van der Waals surface area contributed by atoms with Crippen LogP contribution in [0.1, 0.15) is 24.0 Å². The molecule has 1 heterocycles. The van der Waals surface area contributed by atoms with Crippen LogP contribution in [0.4, 0.5) is 0 Å². The topological polar surface area (TPSA) is 89.3 Å². The van der Waals surface area contributed by atoms with Gasteiger partial charge < -0.3 is 9.67 Å². The van der Waals surface area contributed by atoms with Gasteiger partial charge in [-0.2, -0.15) is 0 Å². The van der Waals surface area contributed by atoms with E-state index in [4.69, 9.17) is 0 Å². The van der Waals surface area contributed by atoms with Gasteiger partial charge in [0, 0.05) is 25.4 Å². The van der Waals surface area contributed by atoms with Crippen molar-refractivity contribution in [2.24, 2.45) is 7.05 Å². The highest BCUT2D eigenvalue weighted by atomic mass is 32.2. The minimum Gasteiger partial charge on any atom is -0.480 e. The van der Waals surface area contributed by atoms with E-state index < -0.39 is 26.5 Å². The maximum Gasteiger partial charge on any atom is 0.326 e. The van der Waals surface area contributed by atoms with Gasteiger partial charge in [-0.15, -0.1) is 0 Å². The molecule has 138 valence electrons. The summed E-state index contributed by atoms with van der Waals surface area (Å²) in [5.74, 6) is -2.08. The first-order valence-corrected chi connectivity index (χ1v) is 9.91. The van der Waals surface area contributed by atoms with E-state index in [-0.39, 0.29) is 5.16 Å². The van der Waals surface area contributed by atoms with Crippen molar-refractivity contribution in [2.75, 3.05) is 0 Å². The summed E-state index contributed by atoms with van der Waals surface area (Å²) in [7, 11) is -2.68. The molecular formula is C20H18N2O4S. The van der Waals surface area contributed by atoms with Crippen molar-refractivity contribution < 1.29 is 18.3 Å². The lowest BCUT2D eigenvalue weighted by Gasteiger charge is -2.24. The zero-order chi connectivity index (χ0) is 19.4. The van der Waals surface area contributed by atoms with E-state index in [2.05, 4.69) is 4.98 Å². The Balaban J connectivity index is 1.79. The summed E-state index contributed by atoms with van der Waals surface area (Å²) in [5, 5.41) is 9.67. The van der Waals surface area contributed by atoms with Gasteiger partial charge in [-0.25, -0.2) is 13.4 Å². The third kappa shape index (κ3) is 2.42. The Morgan fingerprint density at radius 3 is 2.41 bits per heavy atom. The van der Waals surface area contributed by atoms with Gasteiger partial charge in [-0.3, -0.25) is 4.79 Å². The fraction of sp³-hybridized carbons (Fsp3) is 0.200. The zero-order valence-electron chi connectivity index (χ0n) is 14.8. The van der Waals surface area contributed by atoms with Crippen molar-refractivity contribution in [3.8, 4) is 11.1 Å². The number of hydrogen-bond donors (Lipinski definition) is 1. The van der Waals surface area contributed by atoms with Gasteiger partial charge in [0.15, 0.2) is 4.75 Å². The van der Waals surface area contributed by atoms with Gasteiger partial charge >= 0.3 is 5.97 Å². The Morgan fingerprint density at radius 2 is 1.81 bits per heavy atom. The molecule has 3 aromatic rings. The molecule has 27 heavy (non-hydrogen) atoms. The van der Waals surface area contributed by atoms with E-state index in [1.807, 2.05) is 48.5 Å². The third-order valence-corrected chi connectivity index (χ3v) is 7.68. The Morgan fingerprint density at radius 1 is 1.11 bits per heavy atom. The van der Waals surface area contributed by atoms with E-state index in [0.717, 1.165) is 22.3 Å². The van der Waals surface area contributed by atoms with Gasteiger partial charge in [0.2, 0.25) is 15.0 Å². The third-order valence-electron chi connectivity index (χ3n) is 5.28. The molecule has 7 heteroatoms. The number of carboxylic acid groups (broad SMARTS) is 1. The number of aliphatic carboxylic acids is 1. The highest BCUT2D eigenvalue weighted by molar-refractivity contribution is 7.93. The number of benzene rings is 2. The first-order valence-electron chi connectivity index (χ1n) is 8.43. The first-order chi connectivity index (χ1) is 12.8. The first kappa shape index (κ1) is 17.5. The largest absolute Gasteiger partial charge is 0.480 e. The molecule has 2 atom stereocenters. The SMILES string of the molecule is Cn1ccnc1S(=O)(=O)C(C)(C(=O)O)C1c2ccc(-c3ccccc3)cc21. The molecule has 0 saturated heterocycles. The standard InChI is InChI=1S/C20H18N2O4S/c1-20(18(23)24,27(25,26)19-21-10-11-22(19)2)17-15-9-8-14(12-16(15)17)13-6-4-3-5-7-13/h3-12,17H,1-2H3,(H,23,24). The molecule has 0 radical (unpaired) electrons. The Labute approximate surface area is 157 Å². The van der Waals surface area contributed by atoms with Crippen molar-refractivity contribution in [3.05, 3.63) is 72.1 Å². The van der Waals surface area contributed by atoms with Crippen LogP contribution in [0.3, 0.4) is 0 Å². The molecule has 1 N–H and O–H groups in total. The predicted octanol–water partition coefficient (Wildman–Crippen LogP) is 2.85. The van der Waals surface area contributed by atoms with Gasteiger partial charge in [0.1, 0.15) is 0 Å². The quantitative estimate of drug-likeness (QED) is 0.733. The minimum atomic E-state index is -4.22. The second kappa shape index (κ2) is 5.79. The maximum atomic E-state index is 13.2. The summed E-state index contributed by atoms with van der Waals surface area (Å²) in [6, 6.07) is 15.3. The Bertz CT molecular complexity index is 1150. The second-order valence-corrected chi connectivity index (χ2v) is 9.10. The molecule has 4 rings (SSSR count). The van der Waals surface area contributed by atoms with Crippen molar-refractivity contribution in [2.45, 2.75) is 22.7 Å². The van der Waals surface area contributed by atoms with Crippen LogP contribution in [0.2, 0.25) is 0 Å². The average Bonchev–Trinajstić information content (AvgIpc) is 3.21. The molecular weight excluding hydrogens is 364 g/mol. The number of aryl methyl sites for hydroxylation is 1. The van der Waals surface area contributed by atoms with Crippen LogP contribution in [0.5, 0.6) is 0 Å². The van der Waals surface area contributed by atoms with E-state index >= 15 is 0 Å². The molecule has 0 amide bonds. The van der Waals surface area contributed by atoms with Gasteiger partial charge in [-0.05, 0) is 29.2 Å². The predicted molar refractivity (Wildman–Crippen MR) is 100 cm³/mol. The molecule has 2 unspecified atom stereocenters. The van der Waals surface area contributed by atoms with Crippen LogP contribution in [-0.2, 0) is 21.7 Å². The molecule has 1 aliphatic rings. The number of rotatable bonds is 5. The second-order valence-electron chi connectivity index (χ2n) is 6.88. The number of imidazole rings is 1. The van der Waals surface area contributed by atoms with Crippen LogP contribution in [0, 0.1) is 0 Å². The Kier molecular flexibility index (Phi) is 3.75. The number of nitrogens with zero attached hydrogens (tertiary/aromatic N) is 2. The van der Waals surface area contributed by atoms with Gasteiger partial charge in [0.05, 0.1) is 0 Å². The number of carboxylic acids is 1. The lowest BCUT2D eigenvalue weighted by Crippen LogP contribution is -2.46. The molecule has 0 saturated carbocycles. The van der Waals surface area contributed by atoms with Crippen molar-refractivity contribution in [1.29, 1.82) is 0 Å². The smallest absolute Gasteiger partial charge is 0.326 e. The highest BCUT2D eigenvalue weighted by Crippen LogP contribution is 2.55. The average molecular weight is 382 g/mol. The van der Waals surface area contributed by atoms with E-state index in [0.29, 0.717) is 0 Å². The van der Waals surface area contributed by atoms with E-state index in [9.17, 15) is 18.3 Å². The minimum absolute atomic E-state index is 0.242. The van der Waals surface area contributed by atoms with Gasteiger partial charge in [-0.1, -0.05) is 48.5 Å². The summed E-state index contributed by atoms with van der Waals surface area (Å²) in [4.78, 5) is 16.0. The molecule has 2 aromatic carbocycles.